The molecule has 29 heavy (non-hydrogen) atoms. The molecular formula is C22H24F2N2O3. The van der Waals surface area contributed by atoms with Crippen molar-refractivity contribution >= 4 is 12.0 Å². The Hall–Kier alpha value is -2.93. The predicted octanol–water partition coefficient (Wildman–Crippen LogP) is 3.83. The number of piperazine rings is 1. The quantitative estimate of drug-likeness (QED) is 0.689. The van der Waals surface area contributed by atoms with Crippen LogP contribution < -0.4 is 9.47 Å². The Kier molecular flexibility index (Phi) is 6.82. The van der Waals surface area contributed by atoms with Crippen molar-refractivity contribution in [2.24, 2.45) is 0 Å². The Morgan fingerprint density at radius 1 is 1.14 bits per heavy atom. The lowest BCUT2D eigenvalue weighted by molar-refractivity contribution is -0.130. The second-order valence-corrected chi connectivity index (χ2v) is 6.84. The molecule has 1 saturated heterocycles. The van der Waals surface area contributed by atoms with E-state index in [1.165, 1.54) is 19.3 Å². The predicted molar refractivity (Wildman–Crippen MR) is 107 cm³/mol. The van der Waals surface area contributed by atoms with Crippen molar-refractivity contribution < 1.29 is 23.0 Å². The number of amides is 1. The normalized spacial score (nSPS) is 17.7. The molecular weight excluding hydrogens is 378 g/mol. The lowest BCUT2D eigenvalue weighted by Gasteiger charge is -2.40. The van der Waals surface area contributed by atoms with Crippen LogP contribution in [0.4, 0.5) is 8.78 Å². The molecule has 154 valence electrons. The van der Waals surface area contributed by atoms with Crippen molar-refractivity contribution in [2.45, 2.75) is 12.7 Å². The van der Waals surface area contributed by atoms with Gasteiger partial charge in [-0.15, -0.1) is 0 Å². The molecule has 5 nitrogen and oxygen atoms in total. The van der Waals surface area contributed by atoms with Gasteiger partial charge in [0.2, 0.25) is 5.91 Å². The smallest absolute Gasteiger partial charge is 0.387 e. The minimum absolute atomic E-state index is 0.0246. The van der Waals surface area contributed by atoms with Crippen molar-refractivity contribution in [2.75, 3.05) is 33.8 Å². The van der Waals surface area contributed by atoms with E-state index < -0.39 is 6.61 Å². The minimum atomic E-state index is -2.93. The van der Waals surface area contributed by atoms with Crippen molar-refractivity contribution in [1.82, 2.24) is 9.80 Å². The highest BCUT2D eigenvalue weighted by Gasteiger charge is 2.29. The number of hydrogen-bond donors (Lipinski definition) is 0. The molecule has 0 spiro atoms. The van der Waals surface area contributed by atoms with Crippen LogP contribution in [-0.2, 0) is 4.79 Å². The average Bonchev–Trinajstić information content (AvgIpc) is 2.73. The van der Waals surface area contributed by atoms with Crippen LogP contribution in [0.25, 0.3) is 6.08 Å². The van der Waals surface area contributed by atoms with Gasteiger partial charge in [-0.2, -0.15) is 8.78 Å². The highest BCUT2D eigenvalue weighted by atomic mass is 19.3. The summed E-state index contributed by atoms with van der Waals surface area (Å²) in [5.74, 6) is 0.0367. The number of carbonyl (C=O) groups excluding carboxylic acids is 1. The van der Waals surface area contributed by atoms with Gasteiger partial charge < -0.3 is 19.3 Å². The Morgan fingerprint density at radius 2 is 1.90 bits per heavy atom. The number of methoxy groups -OCH3 is 1. The molecule has 2 aromatic rings. The second-order valence-electron chi connectivity index (χ2n) is 6.84. The number of ether oxygens (including phenoxy) is 2. The van der Waals surface area contributed by atoms with Crippen molar-refractivity contribution in [1.29, 1.82) is 0 Å². The van der Waals surface area contributed by atoms with E-state index in [0.717, 1.165) is 18.7 Å². The van der Waals surface area contributed by atoms with E-state index in [-0.39, 0.29) is 23.4 Å². The monoisotopic (exact) mass is 402 g/mol. The SMILES string of the molecule is COc1cc(/C=C/C(=O)N2CCN(C)CC2c2ccccc2)ccc1OC(F)F. The molecule has 0 aliphatic carbocycles. The van der Waals surface area contributed by atoms with E-state index in [1.54, 1.807) is 18.2 Å². The fraction of sp³-hybridized carbons (Fsp3) is 0.318. The number of nitrogens with zero attached hydrogens (tertiary/aromatic N) is 2. The van der Waals surface area contributed by atoms with Crippen molar-refractivity contribution in [3.05, 3.63) is 65.7 Å². The molecule has 1 aliphatic heterocycles. The van der Waals surface area contributed by atoms with Gasteiger partial charge in [0.25, 0.3) is 0 Å². The van der Waals surface area contributed by atoms with Crippen LogP contribution >= 0.6 is 0 Å². The Balaban J connectivity index is 1.76. The fourth-order valence-corrected chi connectivity index (χ4v) is 3.39. The van der Waals surface area contributed by atoms with E-state index in [0.29, 0.717) is 12.1 Å². The Morgan fingerprint density at radius 3 is 2.59 bits per heavy atom. The highest BCUT2D eigenvalue weighted by molar-refractivity contribution is 5.92. The molecule has 0 bridgehead atoms. The third-order valence-corrected chi connectivity index (χ3v) is 4.87. The number of carbonyl (C=O) groups is 1. The summed E-state index contributed by atoms with van der Waals surface area (Å²) >= 11 is 0. The lowest BCUT2D eigenvalue weighted by Crippen LogP contribution is -2.48. The zero-order valence-electron chi connectivity index (χ0n) is 16.4. The van der Waals surface area contributed by atoms with Crippen molar-refractivity contribution in [3.63, 3.8) is 0 Å². The van der Waals surface area contributed by atoms with E-state index in [1.807, 2.05) is 42.3 Å². The molecule has 3 rings (SSSR count). The van der Waals surface area contributed by atoms with Gasteiger partial charge in [0.15, 0.2) is 11.5 Å². The van der Waals surface area contributed by atoms with Gasteiger partial charge in [-0.1, -0.05) is 36.4 Å². The van der Waals surface area contributed by atoms with Crippen LogP contribution in [0, 0.1) is 0 Å². The fourth-order valence-electron chi connectivity index (χ4n) is 3.39. The number of halogens is 2. The van der Waals surface area contributed by atoms with Crippen LogP contribution in [0.3, 0.4) is 0 Å². The van der Waals surface area contributed by atoms with Crippen LogP contribution in [0.1, 0.15) is 17.2 Å². The maximum Gasteiger partial charge on any atom is 0.387 e. The maximum atomic E-state index is 12.9. The second kappa shape index (κ2) is 9.52. The van der Waals surface area contributed by atoms with E-state index in [9.17, 15) is 13.6 Å². The summed E-state index contributed by atoms with van der Waals surface area (Å²) in [7, 11) is 3.42. The molecule has 0 radical (unpaired) electrons. The summed E-state index contributed by atoms with van der Waals surface area (Å²) in [4.78, 5) is 17.0. The van der Waals surface area contributed by atoms with Gasteiger partial charge in [0.1, 0.15) is 0 Å². The van der Waals surface area contributed by atoms with Crippen LogP contribution in [0.2, 0.25) is 0 Å². The number of benzene rings is 2. The van der Waals surface area contributed by atoms with Gasteiger partial charge in [-0.25, -0.2) is 0 Å². The third-order valence-electron chi connectivity index (χ3n) is 4.87. The third kappa shape index (κ3) is 5.32. The molecule has 1 atom stereocenters. The highest BCUT2D eigenvalue weighted by Crippen LogP contribution is 2.30. The van der Waals surface area contributed by atoms with Gasteiger partial charge in [-0.05, 0) is 36.4 Å². The zero-order chi connectivity index (χ0) is 20.8. The largest absolute Gasteiger partial charge is 0.493 e. The zero-order valence-corrected chi connectivity index (χ0v) is 16.4. The number of rotatable bonds is 6. The molecule has 1 heterocycles. The van der Waals surface area contributed by atoms with Crippen LogP contribution in [-0.4, -0.2) is 56.1 Å². The summed E-state index contributed by atoms with van der Waals surface area (Å²) in [5.41, 5.74) is 1.75. The first kappa shape index (κ1) is 20.8. The Labute approximate surface area is 169 Å². The first-order valence-corrected chi connectivity index (χ1v) is 9.33. The first-order chi connectivity index (χ1) is 14.0. The average molecular weight is 402 g/mol. The van der Waals surface area contributed by atoms with E-state index >= 15 is 0 Å². The summed E-state index contributed by atoms with van der Waals surface area (Å²) in [5, 5.41) is 0. The number of alkyl halides is 2. The van der Waals surface area contributed by atoms with Gasteiger partial charge in [-0.3, -0.25) is 4.79 Å². The van der Waals surface area contributed by atoms with Gasteiger partial charge >= 0.3 is 6.61 Å². The molecule has 1 unspecified atom stereocenters. The lowest BCUT2D eigenvalue weighted by atomic mass is 10.0. The van der Waals surface area contributed by atoms with Crippen molar-refractivity contribution in [3.8, 4) is 11.5 Å². The summed E-state index contributed by atoms with van der Waals surface area (Å²) in [6, 6.07) is 14.5. The standard InChI is InChI=1S/C22H24F2N2O3/c1-25-12-13-26(18(15-25)17-6-4-3-5-7-17)21(27)11-9-16-8-10-19(29-22(23)24)20(14-16)28-2/h3-11,14,18,22H,12-13,15H2,1-2H3/b11-9+. The molecule has 7 heteroatoms. The summed E-state index contributed by atoms with van der Waals surface area (Å²) < 4.78 is 34.4. The summed E-state index contributed by atoms with van der Waals surface area (Å²) in [6.07, 6.45) is 3.15. The van der Waals surface area contributed by atoms with Gasteiger partial charge in [0.05, 0.1) is 13.2 Å². The van der Waals surface area contributed by atoms with Crippen LogP contribution in [0.5, 0.6) is 11.5 Å². The first-order valence-electron chi connectivity index (χ1n) is 9.33. The molecule has 2 aromatic carbocycles. The Bertz CT molecular complexity index is 858. The number of hydrogen-bond acceptors (Lipinski definition) is 4. The minimum Gasteiger partial charge on any atom is -0.493 e. The molecule has 1 fully saturated rings. The topological polar surface area (TPSA) is 42.0 Å². The number of likely N-dealkylation sites (N-methyl/N-ethyl adjacent to an activating group) is 1. The van der Waals surface area contributed by atoms with E-state index in [4.69, 9.17) is 4.74 Å². The maximum absolute atomic E-state index is 12.9. The molecule has 1 amide bonds. The molecule has 0 N–H and O–H groups in total. The molecule has 0 aromatic heterocycles. The molecule has 0 saturated carbocycles. The molecule has 1 aliphatic rings. The van der Waals surface area contributed by atoms with Gasteiger partial charge in [0, 0.05) is 25.7 Å². The van der Waals surface area contributed by atoms with Crippen LogP contribution in [0.15, 0.2) is 54.6 Å². The van der Waals surface area contributed by atoms with E-state index in [2.05, 4.69) is 9.64 Å². The summed E-state index contributed by atoms with van der Waals surface area (Å²) in [6.45, 7) is -0.740.